The van der Waals surface area contributed by atoms with Crippen LogP contribution in [0.3, 0.4) is 0 Å². The molecular weight excluding hydrogens is 167 g/mol. The van der Waals surface area contributed by atoms with Crippen LogP contribution in [0.15, 0.2) is 18.2 Å². The first-order chi connectivity index (χ1) is 6.19. The van der Waals surface area contributed by atoms with Gasteiger partial charge in [0.05, 0.1) is 0 Å². The van der Waals surface area contributed by atoms with Gasteiger partial charge in [0.2, 0.25) is 0 Å². The lowest BCUT2D eigenvalue weighted by molar-refractivity contribution is 0.534. The Morgan fingerprint density at radius 1 is 1.54 bits per heavy atom. The van der Waals surface area contributed by atoms with Crippen molar-refractivity contribution in [2.24, 2.45) is 5.84 Å². The maximum atomic E-state index is 12.8. The highest BCUT2D eigenvalue weighted by molar-refractivity contribution is 5.29. The minimum atomic E-state index is -0.201. The fraction of sp³-hybridized carbons (Fsp3) is 0.400. The largest absolute Gasteiger partial charge is 0.271 e. The number of rotatable bonds is 3. The summed E-state index contributed by atoms with van der Waals surface area (Å²) >= 11 is 0. The zero-order valence-corrected chi connectivity index (χ0v) is 7.97. The zero-order valence-electron chi connectivity index (χ0n) is 7.97. The molecule has 0 bridgehead atoms. The number of nitrogens with two attached hydrogens (primary N) is 1. The van der Waals surface area contributed by atoms with Crippen LogP contribution in [0.25, 0.3) is 0 Å². The van der Waals surface area contributed by atoms with Gasteiger partial charge in [-0.2, -0.15) is 0 Å². The minimum Gasteiger partial charge on any atom is -0.271 e. The summed E-state index contributed by atoms with van der Waals surface area (Å²) < 4.78 is 12.8. The molecule has 2 nitrogen and oxygen atoms in total. The lowest BCUT2D eigenvalue weighted by Gasteiger charge is -2.16. The van der Waals surface area contributed by atoms with Crippen LogP contribution in [-0.4, -0.2) is 0 Å². The molecule has 0 aliphatic rings. The summed E-state index contributed by atoms with van der Waals surface area (Å²) in [6.45, 7) is 3.92. The van der Waals surface area contributed by atoms with Crippen LogP contribution >= 0.6 is 0 Å². The van der Waals surface area contributed by atoms with Crippen LogP contribution in [0.1, 0.15) is 30.5 Å². The van der Waals surface area contributed by atoms with E-state index in [-0.39, 0.29) is 11.9 Å². The quantitative estimate of drug-likeness (QED) is 0.554. The van der Waals surface area contributed by atoms with Gasteiger partial charge in [-0.1, -0.05) is 13.0 Å². The van der Waals surface area contributed by atoms with Crippen molar-refractivity contribution in [3.8, 4) is 0 Å². The SMILES string of the molecule is CCC(NN)c1ccc(F)cc1C. The molecule has 3 heteroatoms. The highest BCUT2D eigenvalue weighted by Gasteiger charge is 2.09. The first kappa shape index (κ1) is 10.2. The standard InChI is InChI=1S/C10H15FN2/c1-3-10(13-12)9-5-4-8(11)6-7(9)2/h4-6,10,13H,3,12H2,1-2H3. The predicted molar refractivity (Wildman–Crippen MR) is 51.5 cm³/mol. The van der Waals surface area contributed by atoms with E-state index in [0.717, 1.165) is 17.5 Å². The van der Waals surface area contributed by atoms with Crippen LogP contribution in [0.2, 0.25) is 0 Å². The van der Waals surface area contributed by atoms with Crippen molar-refractivity contribution in [1.82, 2.24) is 5.43 Å². The third kappa shape index (κ3) is 2.26. The van der Waals surface area contributed by atoms with Gasteiger partial charge >= 0.3 is 0 Å². The number of hydrogen-bond donors (Lipinski definition) is 2. The number of halogens is 1. The first-order valence-electron chi connectivity index (χ1n) is 4.41. The summed E-state index contributed by atoms with van der Waals surface area (Å²) in [6.07, 6.45) is 0.892. The second-order valence-corrected chi connectivity index (χ2v) is 3.13. The number of aryl methyl sites for hydroxylation is 1. The molecular formula is C10H15FN2. The van der Waals surface area contributed by atoms with Gasteiger partial charge in [-0.15, -0.1) is 0 Å². The lowest BCUT2D eigenvalue weighted by Crippen LogP contribution is -2.27. The molecule has 0 spiro atoms. The Morgan fingerprint density at radius 3 is 2.69 bits per heavy atom. The van der Waals surface area contributed by atoms with Crippen LogP contribution in [-0.2, 0) is 0 Å². The summed E-state index contributed by atoms with van der Waals surface area (Å²) in [7, 11) is 0. The average molecular weight is 182 g/mol. The van der Waals surface area contributed by atoms with E-state index in [1.165, 1.54) is 12.1 Å². The van der Waals surface area contributed by atoms with E-state index >= 15 is 0 Å². The van der Waals surface area contributed by atoms with Crippen molar-refractivity contribution < 1.29 is 4.39 Å². The Kier molecular flexibility index (Phi) is 3.39. The molecule has 0 fully saturated rings. The number of hydrogen-bond acceptors (Lipinski definition) is 2. The average Bonchev–Trinajstić information content (AvgIpc) is 2.10. The van der Waals surface area contributed by atoms with E-state index in [2.05, 4.69) is 5.43 Å². The normalized spacial score (nSPS) is 12.9. The van der Waals surface area contributed by atoms with Gasteiger partial charge in [-0.05, 0) is 36.6 Å². The molecule has 0 aliphatic carbocycles. The monoisotopic (exact) mass is 182 g/mol. The third-order valence-corrected chi connectivity index (χ3v) is 2.22. The molecule has 0 saturated carbocycles. The minimum absolute atomic E-state index is 0.112. The van der Waals surface area contributed by atoms with Crippen molar-refractivity contribution in [3.63, 3.8) is 0 Å². The Hall–Kier alpha value is -0.930. The molecule has 1 rings (SSSR count). The highest BCUT2D eigenvalue weighted by atomic mass is 19.1. The zero-order chi connectivity index (χ0) is 9.84. The smallest absolute Gasteiger partial charge is 0.123 e. The molecule has 13 heavy (non-hydrogen) atoms. The van der Waals surface area contributed by atoms with Gasteiger partial charge in [0.25, 0.3) is 0 Å². The second-order valence-electron chi connectivity index (χ2n) is 3.13. The topological polar surface area (TPSA) is 38.0 Å². The molecule has 0 aromatic heterocycles. The van der Waals surface area contributed by atoms with E-state index in [9.17, 15) is 4.39 Å². The summed E-state index contributed by atoms with van der Waals surface area (Å²) in [4.78, 5) is 0. The maximum Gasteiger partial charge on any atom is 0.123 e. The van der Waals surface area contributed by atoms with Crippen molar-refractivity contribution in [2.75, 3.05) is 0 Å². The Bertz CT molecular complexity index is 282. The summed E-state index contributed by atoms with van der Waals surface area (Å²) in [6, 6.07) is 4.87. The van der Waals surface area contributed by atoms with E-state index in [4.69, 9.17) is 5.84 Å². The summed E-state index contributed by atoms with van der Waals surface area (Å²) in [5.41, 5.74) is 4.70. The molecule has 0 radical (unpaired) electrons. The number of nitrogens with one attached hydrogen (secondary N) is 1. The van der Waals surface area contributed by atoms with Gasteiger partial charge < -0.3 is 0 Å². The summed E-state index contributed by atoms with van der Waals surface area (Å²) in [5, 5.41) is 0. The van der Waals surface area contributed by atoms with Crippen molar-refractivity contribution in [3.05, 3.63) is 35.1 Å². The van der Waals surface area contributed by atoms with E-state index in [0.29, 0.717) is 0 Å². The Morgan fingerprint density at radius 2 is 2.23 bits per heavy atom. The molecule has 1 aromatic carbocycles. The highest BCUT2D eigenvalue weighted by Crippen LogP contribution is 2.20. The Labute approximate surface area is 77.9 Å². The van der Waals surface area contributed by atoms with Gasteiger partial charge in [0.15, 0.2) is 0 Å². The van der Waals surface area contributed by atoms with Gasteiger partial charge in [0.1, 0.15) is 5.82 Å². The molecule has 1 unspecified atom stereocenters. The molecule has 0 heterocycles. The van der Waals surface area contributed by atoms with Gasteiger partial charge in [-0.25, -0.2) is 4.39 Å². The van der Waals surface area contributed by atoms with Gasteiger partial charge in [0, 0.05) is 6.04 Å². The van der Waals surface area contributed by atoms with Crippen molar-refractivity contribution in [2.45, 2.75) is 26.3 Å². The van der Waals surface area contributed by atoms with E-state index in [1.54, 1.807) is 6.07 Å². The fourth-order valence-electron chi connectivity index (χ4n) is 1.46. The third-order valence-electron chi connectivity index (χ3n) is 2.22. The Balaban J connectivity index is 2.99. The lowest BCUT2D eigenvalue weighted by atomic mass is 10.00. The van der Waals surface area contributed by atoms with Crippen molar-refractivity contribution >= 4 is 0 Å². The molecule has 0 amide bonds. The summed E-state index contributed by atoms with van der Waals surface area (Å²) in [5.74, 6) is 5.18. The van der Waals surface area contributed by atoms with Crippen LogP contribution in [0, 0.1) is 12.7 Å². The molecule has 0 saturated heterocycles. The molecule has 3 N–H and O–H groups in total. The predicted octanol–water partition coefficient (Wildman–Crippen LogP) is 2.05. The van der Waals surface area contributed by atoms with Crippen LogP contribution < -0.4 is 11.3 Å². The molecule has 1 atom stereocenters. The van der Waals surface area contributed by atoms with Crippen LogP contribution in [0.4, 0.5) is 4.39 Å². The van der Waals surface area contributed by atoms with E-state index < -0.39 is 0 Å². The number of hydrazine groups is 1. The molecule has 0 aliphatic heterocycles. The fourth-order valence-corrected chi connectivity index (χ4v) is 1.46. The molecule has 1 aromatic rings. The second kappa shape index (κ2) is 4.35. The van der Waals surface area contributed by atoms with E-state index in [1.807, 2.05) is 13.8 Å². The van der Waals surface area contributed by atoms with Crippen molar-refractivity contribution in [1.29, 1.82) is 0 Å². The number of benzene rings is 1. The molecule has 72 valence electrons. The first-order valence-corrected chi connectivity index (χ1v) is 4.41. The van der Waals surface area contributed by atoms with Crippen LogP contribution in [0.5, 0.6) is 0 Å². The van der Waals surface area contributed by atoms with Gasteiger partial charge in [-0.3, -0.25) is 11.3 Å². The maximum absolute atomic E-state index is 12.8.